The molecule has 1 aromatic carbocycles. The van der Waals surface area contributed by atoms with Crippen LogP contribution in [0.2, 0.25) is 0 Å². The number of rotatable bonds is 6. The molecule has 29 heavy (non-hydrogen) atoms. The molecule has 0 aliphatic rings. The van der Waals surface area contributed by atoms with Crippen molar-refractivity contribution in [2.24, 2.45) is 0 Å². The third-order valence-electron chi connectivity index (χ3n) is 4.38. The van der Waals surface area contributed by atoms with Gasteiger partial charge in [-0.3, -0.25) is 0 Å². The summed E-state index contributed by atoms with van der Waals surface area (Å²) >= 11 is 3.20. The summed E-state index contributed by atoms with van der Waals surface area (Å²) in [5.74, 6) is 0. The Morgan fingerprint density at radius 3 is 1.90 bits per heavy atom. The second-order valence-corrected chi connectivity index (χ2v) is 8.66. The predicted molar refractivity (Wildman–Crippen MR) is 121 cm³/mol. The van der Waals surface area contributed by atoms with E-state index in [2.05, 4.69) is 21.3 Å². The third kappa shape index (κ3) is 5.82. The van der Waals surface area contributed by atoms with Crippen molar-refractivity contribution in [2.75, 3.05) is 10.6 Å². The number of hydrogen-bond donors (Lipinski definition) is 4. The van der Waals surface area contributed by atoms with E-state index in [9.17, 15) is 9.59 Å². The topological polar surface area (TPSA) is 82.3 Å². The van der Waals surface area contributed by atoms with Crippen molar-refractivity contribution in [2.45, 2.75) is 32.9 Å². The summed E-state index contributed by atoms with van der Waals surface area (Å²) in [6.07, 6.45) is 0. The second-order valence-electron chi connectivity index (χ2n) is 6.70. The smallest absolute Gasteiger partial charge is 0.319 e. The average molecular weight is 429 g/mol. The highest BCUT2D eigenvalue weighted by molar-refractivity contribution is 7.10. The summed E-state index contributed by atoms with van der Waals surface area (Å²) < 4.78 is 0. The molecule has 2 unspecified atom stereocenters. The summed E-state index contributed by atoms with van der Waals surface area (Å²) in [6, 6.07) is 12.6. The maximum Gasteiger partial charge on any atom is 0.319 e. The molecule has 0 saturated carbocycles. The summed E-state index contributed by atoms with van der Waals surface area (Å²) in [5, 5.41) is 15.5. The predicted octanol–water partition coefficient (Wildman–Crippen LogP) is 5.88. The highest BCUT2D eigenvalue weighted by Crippen LogP contribution is 2.22. The van der Waals surface area contributed by atoms with Crippen molar-refractivity contribution in [1.29, 1.82) is 0 Å². The van der Waals surface area contributed by atoms with Crippen LogP contribution in [-0.4, -0.2) is 12.1 Å². The molecule has 0 radical (unpaired) electrons. The van der Waals surface area contributed by atoms with Crippen LogP contribution in [-0.2, 0) is 0 Å². The number of anilines is 2. The van der Waals surface area contributed by atoms with Crippen LogP contribution in [0, 0.1) is 6.92 Å². The molecule has 152 valence electrons. The molecule has 4 amide bonds. The largest absolute Gasteiger partial charge is 0.331 e. The first-order valence-electron chi connectivity index (χ1n) is 9.25. The molecule has 3 aromatic rings. The molecule has 0 spiro atoms. The van der Waals surface area contributed by atoms with E-state index >= 15 is 0 Å². The van der Waals surface area contributed by atoms with Gasteiger partial charge < -0.3 is 21.3 Å². The molecule has 0 fully saturated rings. The quantitative estimate of drug-likeness (QED) is 0.395. The van der Waals surface area contributed by atoms with Gasteiger partial charge in [-0.1, -0.05) is 18.2 Å². The zero-order valence-corrected chi connectivity index (χ0v) is 18.1. The van der Waals surface area contributed by atoms with Crippen LogP contribution < -0.4 is 21.3 Å². The molecule has 0 saturated heterocycles. The third-order valence-corrected chi connectivity index (χ3v) is 6.49. The van der Waals surface area contributed by atoms with Crippen molar-refractivity contribution < 1.29 is 9.59 Å². The number of thiophene rings is 2. The van der Waals surface area contributed by atoms with Gasteiger partial charge in [0.2, 0.25) is 0 Å². The Morgan fingerprint density at radius 2 is 1.38 bits per heavy atom. The van der Waals surface area contributed by atoms with Gasteiger partial charge in [0.1, 0.15) is 0 Å². The standard InChI is InChI=1S/C21H24N4O2S2/c1-13-8-9-16(24-20(26)22-14(2)18-6-4-10-28-18)12-17(13)25-21(27)23-15(3)19-7-5-11-29-19/h4-12,14-15H,1-3H3,(H2,22,24,26)(H2,23,25,27). The minimum absolute atomic E-state index is 0.0810. The first-order valence-corrected chi connectivity index (χ1v) is 11.0. The number of benzene rings is 1. The molecule has 0 aliphatic carbocycles. The minimum atomic E-state index is -0.295. The maximum atomic E-state index is 12.4. The Hall–Kier alpha value is -2.84. The van der Waals surface area contributed by atoms with E-state index in [1.165, 1.54) is 0 Å². The van der Waals surface area contributed by atoms with Crippen LogP contribution in [0.25, 0.3) is 0 Å². The molecule has 2 aromatic heterocycles. The zero-order chi connectivity index (χ0) is 20.8. The zero-order valence-electron chi connectivity index (χ0n) is 16.5. The highest BCUT2D eigenvalue weighted by atomic mass is 32.1. The first-order chi connectivity index (χ1) is 13.9. The number of nitrogens with one attached hydrogen (secondary N) is 4. The van der Waals surface area contributed by atoms with Crippen molar-refractivity contribution in [3.05, 3.63) is 68.5 Å². The van der Waals surface area contributed by atoms with E-state index in [-0.39, 0.29) is 24.1 Å². The molecule has 0 bridgehead atoms. The maximum absolute atomic E-state index is 12.4. The van der Waals surface area contributed by atoms with E-state index in [0.29, 0.717) is 11.4 Å². The first kappa shape index (κ1) is 20.9. The molecule has 0 aliphatic heterocycles. The van der Waals surface area contributed by atoms with Crippen molar-refractivity contribution in [3.63, 3.8) is 0 Å². The lowest BCUT2D eigenvalue weighted by atomic mass is 10.2. The SMILES string of the molecule is Cc1ccc(NC(=O)NC(C)c2cccs2)cc1NC(=O)NC(C)c1cccs1. The number of carbonyl (C=O) groups excluding carboxylic acids is 2. The lowest BCUT2D eigenvalue weighted by Crippen LogP contribution is -2.31. The molecule has 6 nitrogen and oxygen atoms in total. The molecule has 2 heterocycles. The Morgan fingerprint density at radius 1 is 0.828 bits per heavy atom. The second kappa shape index (κ2) is 9.58. The molecule has 2 atom stereocenters. The normalized spacial score (nSPS) is 12.7. The van der Waals surface area contributed by atoms with Crippen LogP contribution in [0.3, 0.4) is 0 Å². The van der Waals surface area contributed by atoms with Gasteiger partial charge in [-0.2, -0.15) is 0 Å². The van der Waals surface area contributed by atoms with Crippen LogP contribution in [0.1, 0.15) is 41.2 Å². The number of hydrogen-bond acceptors (Lipinski definition) is 4. The van der Waals surface area contributed by atoms with Gasteiger partial charge >= 0.3 is 12.1 Å². The monoisotopic (exact) mass is 428 g/mol. The van der Waals surface area contributed by atoms with Crippen LogP contribution in [0.5, 0.6) is 0 Å². The van der Waals surface area contributed by atoms with Gasteiger partial charge in [0.15, 0.2) is 0 Å². The van der Waals surface area contributed by atoms with Crippen LogP contribution in [0.4, 0.5) is 21.0 Å². The lowest BCUT2D eigenvalue weighted by molar-refractivity contribution is 0.248. The van der Waals surface area contributed by atoms with E-state index < -0.39 is 0 Å². The van der Waals surface area contributed by atoms with E-state index in [1.54, 1.807) is 28.7 Å². The Bertz CT molecular complexity index is 955. The van der Waals surface area contributed by atoms with Crippen molar-refractivity contribution in [1.82, 2.24) is 10.6 Å². The summed E-state index contributed by atoms with van der Waals surface area (Å²) in [7, 11) is 0. The van der Waals surface area contributed by atoms with Gasteiger partial charge in [0, 0.05) is 21.1 Å². The molecule has 8 heteroatoms. The summed E-state index contributed by atoms with van der Waals surface area (Å²) in [4.78, 5) is 26.8. The molecular weight excluding hydrogens is 404 g/mol. The molecular formula is C21H24N4O2S2. The fourth-order valence-electron chi connectivity index (χ4n) is 2.77. The number of carbonyl (C=O) groups is 2. The minimum Gasteiger partial charge on any atom is -0.331 e. The summed E-state index contributed by atoms with van der Waals surface area (Å²) in [6.45, 7) is 5.78. The average Bonchev–Trinajstić information content (AvgIpc) is 3.38. The van der Waals surface area contributed by atoms with E-state index in [4.69, 9.17) is 0 Å². The van der Waals surface area contributed by atoms with Crippen LogP contribution in [0.15, 0.2) is 53.2 Å². The van der Waals surface area contributed by atoms with E-state index in [1.807, 2.05) is 67.9 Å². The van der Waals surface area contributed by atoms with Gasteiger partial charge in [-0.15, -0.1) is 22.7 Å². The van der Waals surface area contributed by atoms with Gasteiger partial charge in [-0.05, 0) is 61.4 Å². The van der Waals surface area contributed by atoms with Crippen molar-refractivity contribution in [3.8, 4) is 0 Å². The van der Waals surface area contributed by atoms with Gasteiger partial charge in [0.25, 0.3) is 0 Å². The molecule has 3 rings (SSSR count). The number of aryl methyl sites for hydroxylation is 1. The fourth-order valence-corrected chi connectivity index (χ4v) is 4.24. The fraction of sp³-hybridized carbons (Fsp3) is 0.238. The Balaban J connectivity index is 1.58. The Labute approximate surface area is 178 Å². The van der Waals surface area contributed by atoms with Gasteiger partial charge in [0.05, 0.1) is 12.1 Å². The molecule has 4 N–H and O–H groups in total. The lowest BCUT2D eigenvalue weighted by Gasteiger charge is -2.16. The van der Waals surface area contributed by atoms with Gasteiger partial charge in [-0.25, -0.2) is 9.59 Å². The number of amides is 4. The number of urea groups is 2. The Kier molecular flexibility index (Phi) is 6.90. The highest BCUT2D eigenvalue weighted by Gasteiger charge is 2.13. The van der Waals surface area contributed by atoms with Crippen LogP contribution >= 0.6 is 22.7 Å². The summed E-state index contributed by atoms with van der Waals surface area (Å²) in [5.41, 5.74) is 2.15. The van der Waals surface area contributed by atoms with Crippen molar-refractivity contribution >= 4 is 46.1 Å². The van der Waals surface area contributed by atoms with E-state index in [0.717, 1.165) is 15.3 Å².